The van der Waals surface area contributed by atoms with Gasteiger partial charge in [0.05, 0.1) is 10.3 Å². The highest BCUT2D eigenvalue weighted by Gasteiger charge is 2.67. The lowest BCUT2D eigenvalue weighted by Gasteiger charge is -2.37. The molecule has 4 atom stereocenters. The molecule has 2 aliphatic rings. The van der Waals surface area contributed by atoms with Gasteiger partial charge in [0.2, 0.25) is 5.91 Å². The molecule has 3 rings (SSSR count). The van der Waals surface area contributed by atoms with E-state index in [1.807, 2.05) is 26.0 Å². The third-order valence-corrected chi connectivity index (χ3v) is 8.05. The summed E-state index contributed by atoms with van der Waals surface area (Å²) in [5.41, 5.74) is 0. The van der Waals surface area contributed by atoms with Gasteiger partial charge in [0.25, 0.3) is 0 Å². The second-order valence-corrected chi connectivity index (χ2v) is 9.15. The summed E-state index contributed by atoms with van der Waals surface area (Å²) in [6.07, 6.45) is 4.37. The highest BCUT2D eigenvalue weighted by Crippen LogP contribution is 2.55. The zero-order valence-electron chi connectivity index (χ0n) is 13.1. The lowest BCUT2D eigenvalue weighted by molar-refractivity contribution is -0.124. The number of benzene rings is 1. The van der Waals surface area contributed by atoms with E-state index in [1.54, 1.807) is 18.2 Å². The number of carbonyl (C=O) groups is 1. The van der Waals surface area contributed by atoms with Crippen LogP contribution in [0, 0.1) is 11.8 Å². The summed E-state index contributed by atoms with van der Waals surface area (Å²) in [4.78, 5) is 13.1. The van der Waals surface area contributed by atoms with Gasteiger partial charge in [-0.25, -0.2) is 8.42 Å². The van der Waals surface area contributed by atoms with Gasteiger partial charge in [-0.05, 0) is 38.3 Å². The number of sulfone groups is 1. The van der Waals surface area contributed by atoms with Gasteiger partial charge in [-0.15, -0.1) is 11.6 Å². The molecule has 2 bridgehead atoms. The molecule has 124 valence electrons. The molecule has 4 nitrogen and oxygen atoms in total. The summed E-state index contributed by atoms with van der Waals surface area (Å²) >= 11 is 6.55. The summed E-state index contributed by atoms with van der Waals surface area (Å²) in [7, 11) is -3.92. The van der Waals surface area contributed by atoms with Gasteiger partial charge in [-0.1, -0.05) is 30.4 Å². The molecule has 0 saturated heterocycles. The van der Waals surface area contributed by atoms with Gasteiger partial charge in [0.1, 0.15) is 0 Å². The molecule has 6 heteroatoms. The molecule has 1 aromatic rings. The van der Waals surface area contributed by atoms with Crippen LogP contribution < -0.4 is 5.32 Å². The topological polar surface area (TPSA) is 63.2 Å². The number of hydrogen-bond acceptors (Lipinski definition) is 3. The Hall–Kier alpha value is -1.33. The van der Waals surface area contributed by atoms with Crippen molar-refractivity contribution in [2.75, 3.05) is 0 Å². The molecule has 0 aromatic heterocycles. The molecule has 2 aliphatic carbocycles. The number of carbonyl (C=O) groups excluding carboxylic acids is 1. The van der Waals surface area contributed by atoms with E-state index >= 15 is 0 Å². The molecular formula is C17H20ClNO3S. The Labute approximate surface area is 141 Å². The molecule has 1 saturated carbocycles. The summed E-state index contributed by atoms with van der Waals surface area (Å²) in [6.45, 7) is 3.63. The molecule has 1 fully saturated rings. The fourth-order valence-electron chi connectivity index (χ4n) is 3.72. The Kier molecular flexibility index (Phi) is 4.05. The summed E-state index contributed by atoms with van der Waals surface area (Å²) < 4.78 is 25.2. The number of alkyl halides is 1. The van der Waals surface area contributed by atoms with E-state index in [4.69, 9.17) is 11.6 Å². The van der Waals surface area contributed by atoms with Crippen LogP contribution in [0.2, 0.25) is 0 Å². The van der Waals surface area contributed by atoms with Crippen LogP contribution in [-0.4, -0.2) is 30.5 Å². The molecule has 1 aromatic carbocycles. The maximum absolute atomic E-state index is 13.4. The summed E-state index contributed by atoms with van der Waals surface area (Å²) in [5.74, 6) is -0.967. The van der Waals surface area contributed by atoms with Crippen LogP contribution in [0.1, 0.15) is 20.3 Å². The fraction of sp³-hybridized carbons (Fsp3) is 0.471. The monoisotopic (exact) mass is 353 g/mol. The minimum atomic E-state index is -3.92. The SMILES string of the molecule is CC(C)NC(=O)[C@@]1(S(=O)(=O)c2ccccc2)[C@@H]2C=C[C@@H](C2)[C@@H]1Cl. The normalized spacial score (nSPS) is 32.4. The number of allylic oxidation sites excluding steroid dienone is 2. The molecule has 1 amide bonds. The van der Waals surface area contributed by atoms with Crippen molar-refractivity contribution in [3.63, 3.8) is 0 Å². The zero-order valence-corrected chi connectivity index (χ0v) is 14.6. The molecule has 1 N–H and O–H groups in total. The van der Waals surface area contributed by atoms with Crippen LogP contribution in [0.25, 0.3) is 0 Å². The van der Waals surface area contributed by atoms with E-state index in [2.05, 4.69) is 5.32 Å². The van der Waals surface area contributed by atoms with E-state index in [9.17, 15) is 13.2 Å². The van der Waals surface area contributed by atoms with Crippen LogP contribution in [0.3, 0.4) is 0 Å². The fourth-order valence-corrected chi connectivity index (χ4v) is 6.77. The van der Waals surface area contributed by atoms with Gasteiger partial charge in [-0.2, -0.15) is 0 Å². The Morgan fingerprint density at radius 1 is 1.26 bits per heavy atom. The number of amides is 1. The second-order valence-electron chi connectivity index (χ2n) is 6.53. The van der Waals surface area contributed by atoms with Crippen molar-refractivity contribution in [3.05, 3.63) is 42.5 Å². The second kappa shape index (κ2) is 5.64. The van der Waals surface area contributed by atoms with Crippen molar-refractivity contribution in [1.82, 2.24) is 5.32 Å². The predicted molar refractivity (Wildman–Crippen MR) is 90.0 cm³/mol. The van der Waals surface area contributed by atoms with E-state index in [1.165, 1.54) is 12.1 Å². The van der Waals surface area contributed by atoms with Gasteiger partial charge in [0.15, 0.2) is 14.6 Å². The van der Waals surface area contributed by atoms with Crippen LogP contribution >= 0.6 is 11.6 Å². The third kappa shape index (κ3) is 2.24. The van der Waals surface area contributed by atoms with Crippen molar-refractivity contribution in [2.24, 2.45) is 11.8 Å². The van der Waals surface area contributed by atoms with E-state index < -0.39 is 25.9 Å². The Bertz CT molecular complexity index is 744. The van der Waals surface area contributed by atoms with Crippen molar-refractivity contribution in [3.8, 4) is 0 Å². The molecule has 0 heterocycles. The maximum atomic E-state index is 13.4. The Morgan fingerprint density at radius 3 is 2.43 bits per heavy atom. The molecule has 0 radical (unpaired) electrons. The lowest BCUT2D eigenvalue weighted by Crippen LogP contribution is -2.61. The minimum Gasteiger partial charge on any atom is -0.352 e. The smallest absolute Gasteiger partial charge is 0.244 e. The summed E-state index contributed by atoms with van der Waals surface area (Å²) in [6, 6.07) is 7.97. The molecule has 23 heavy (non-hydrogen) atoms. The van der Waals surface area contributed by atoms with Gasteiger partial charge >= 0.3 is 0 Å². The first-order valence-corrected chi connectivity index (χ1v) is 9.66. The molecular weight excluding hydrogens is 334 g/mol. The minimum absolute atomic E-state index is 0.0851. The lowest BCUT2D eigenvalue weighted by atomic mass is 9.90. The average molecular weight is 354 g/mol. The van der Waals surface area contributed by atoms with Crippen LogP contribution in [0.5, 0.6) is 0 Å². The maximum Gasteiger partial charge on any atom is 0.244 e. The first-order valence-electron chi connectivity index (χ1n) is 7.75. The predicted octanol–water partition coefficient (Wildman–Crippen LogP) is 2.54. The first-order chi connectivity index (χ1) is 10.8. The largest absolute Gasteiger partial charge is 0.352 e. The molecule has 0 unspecified atom stereocenters. The standard InChI is InChI=1S/C17H20ClNO3S/c1-11(2)19-16(20)17(13-9-8-12(10-13)15(17)18)23(21,22)14-6-4-3-5-7-14/h3-9,11-13,15H,10H2,1-2H3,(H,19,20)/t12-,13+,15-,17+/m0/s1. The van der Waals surface area contributed by atoms with Gasteiger partial charge in [0, 0.05) is 12.0 Å². The highest BCUT2D eigenvalue weighted by molar-refractivity contribution is 7.93. The quantitative estimate of drug-likeness (QED) is 0.668. The summed E-state index contributed by atoms with van der Waals surface area (Å²) in [5, 5.41) is 2.02. The number of hydrogen-bond donors (Lipinski definition) is 1. The van der Waals surface area contributed by atoms with Crippen LogP contribution in [-0.2, 0) is 14.6 Å². The highest BCUT2D eigenvalue weighted by atomic mass is 35.5. The third-order valence-electron chi connectivity index (χ3n) is 4.73. The Morgan fingerprint density at radius 2 is 1.91 bits per heavy atom. The van der Waals surface area contributed by atoms with Crippen molar-refractivity contribution < 1.29 is 13.2 Å². The van der Waals surface area contributed by atoms with E-state index in [0.717, 1.165) is 0 Å². The van der Waals surface area contributed by atoms with E-state index in [-0.39, 0.29) is 22.8 Å². The van der Waals surface area contributed by atoms with Crippen molar-refractivity contribution in [2.45, 2.75) is 41.3 Å². The number of fused-ring (bicyclic) bond motifs is 2. The average Bonchev–Trinajstić information content (AvgIpc) is 3.07. The van der Waals surface area contributed by atoms with Crippen molar-refractivity contribution in [1.29, 1.82) is 0 Å². The van der Waals surface area contributed by atoms with E-state index in [0.29, 0.717) is 6.42 Å². The van der Waals surface area contributed by atoms with Gasteiger partial charge in [-0.3, -0.25) is 4.79 Å². The van der Waals surface area contributed by atoms with Crippen molar-refractivity contribution >= 4 is 27.3 Å². The molecule has 0 spiro atoms. The Balaban J connectivity index is 2.18. The van der Waals surface area contributed by atoms with Crippen LogP contribution in [0.4, 0.5) is 0 Å². The number of halogens is 1. The zero-order chi connectivity index (χ0) is 16.8. The van der Waals surface area contributed by atoms with Crippen LogP contribution in [0.15, 0.2) is 47.4 Å². The molecule has 0 aliphatic heterocycles. The first kappa shape index (κ1) is 16.5. The van der Waals surface area contributed by atoms with Gasteiger partial charge < -0.3 is 5.32 Å². The number of nitrogens with one attached hydrogen (secondary N) is 1. The number of rotatable bonds is 4.